The molecule has 0 aliphatic rings. The van der Waals surface area contributed by atoms with E-state index in [0.29, 0.717) is 11.3 Å². The van der Waals surface area contributed by atoms with Gasteiger partial charge >= 0.3 is 0 Å². The van der Waals surface area contributed by atoms with Crippen molar-refractivity contribution < 1.29 is 23.0 Å². The molecule has 0 fully saturated rings. The molecule has 5 nitrogen and oxygen atoms in total. The molecule has 1 aromatic rings. The number of hydrogen-bond donors (Lipinski definition) is 2. The van der Waals surface area contributed by atoms with Crippen LogP contribution in [0.2, 0.25) is 0 Å². The predicted molar refractivity (Wildman–Crippen MR) is 77.7 cm³/mol. The molecule has 1 aromatic carbocycles. The van der Waals surface area contributed by atoms with E-state index >= 15 is 0 Å². The van der Waals surface area contributed by atoms with Crippen LogP contribution >= 0.6 is 12.2 Å². The zero-order valence-electron chi connectivity index (χ0n) is 11.2. The molecule has 0 atom stereocenters. The Hall–Kier alpha value is -1.80. The summed E-state index contributed by atoms with van der Waals surface area (Å²) < 4.78 is 33.4. The van der Waals surface area contributed by atoms with Gasteiger partial charge in [0.2, 0.25) is 0 Å². The van der Waals surface area contributed by atoms with E-state index in [0.717, 1.165) is 0 Å². The highest BCUT2D eigenvalue weighted by Gasteiger charge is 2.04. The van der Waals surface area contributed by atoms with E-state index in [1.165, 1.54) is 0 Å². The Labute approximate surface area is 126 Å². The van der Waals surface area contributed by atoms with Crippen LogP contribution in [0, 0.1) is 0 Å². The van der Waals surface area contributed by atoms with Crippen molar-refractivity contribution in [3.63, 3.8) is 0 Å². The van der Waals surface area contributed by atoms with Gasteiger partial charge in [-0.1, -0.05) is 12.2 Å². The SMILES string of the molecule is NC(=S)c1ccc(OCC(=O)NCCOCC(F)F)cc1. The highest BCUT2D eigenvalue weighted by Crippen LogP contribution is 2.11. The number of rotatable bonds is 9. The third kappa shape index (κ3) is 7.52. The molecule has 1 amide bonds. The fourth-order valence-corrected chi connectivity index (χ4v) is 1.49. The third-order valence-corrected chi connectivity index (χ3v) is 2.56. The molecule has 116 valence electrons. The average molecular weight is 318 g/mol. The van der Waals surface area contributed by atoms with Crippen LogP contribution in [-0.2, 0) is 9.53 Å². The van der Waals surface area contributed by atoms with Crippen LogP contribution in [0.1, 0.15) is 5.56 Å². The third-order valence-electron chi connectivity index (χ3n) is 2.32. The number of nitrogens with two attached hydrogens (primary N) is 1. The number of carbonyl (C=O) groups is 1. The summed E-state index contributed by atoms with van der Waals surface area (Å²) in [4.78, 5) is 11.7. The van der Waals surface area contributed by atoms with Crippen molar-refractivity contribution in [1.82, 2.24) is 5.32 Å². The van der Waals surface area contributed by atoms with Crippen LogP contribution in [0.15, 0.2) is 24.3 Å². The van der Waals surface area contributed by atoms with Crippen molar-refractivity contribution in [2.24, 2.45) is 5.73 Å². The van der Waals surface area contributed by atoms with Gasteiger partial charge in [0.25, 0.3) is 12.3 Å². The predicted octanol–water partition coefficient (Wildman–Crippen LogP) is 1.10. The smallest absolute Gasteiger partial charge is 0.261 e. The molecule has 0 heterocycles. The van der Waals surface area contributed by atoms with E-state index in [2.05, 4.69) is 10.1 Å². The fraction of sp³-hybridized carbons (Fsp3) is 0.385. The quantitative estimate of drug-likeness (QED) is 0.527. The first kappa shape index (κ1) is 17.3. The number of amides is 1. The number of carbonyl (C=O) groups excluding carboxylic acids is 1. The van der Waals surface area contributed by atoms with Gasteiger partial charge in [0.05, 0.1) is 6.61 Å². The molecular formula is C13H16F2N2O3S. The van der Waals surface area contributed by atoms with Gasteiger partial charge < -0.3 is 20.5 Å². The lowest BCUT2D eigenvalue weighted by atomic mass is 10.2. The first-order valence-electron chi connectivity index (χ1n) is 6.14. The standard InChI is InChI=1S/C13H16F2N2O3S/c14-11(15)7-19-6-5-17-12(18)8-20-10-3-1-9(2-4-10)13(16)21/h1-4,11H,5-8H2,(H2,16,21)(H,17,18). The maximum atomic E-state index is 11.8. The lowest BCUT2D eigenvalue weighted by Gasteiger charge is -2.08. The molecule has 21 heavy (non-hydrogen) atoms. The van der Waals surface area contributed by atoms with Gasteiger partial charge in [0.1, 0.15) is 17.3 Å². The van der Waals surface area contributed by atoms with E-state index in [4.69, 9.17) is 22.7 Å². The zero-order valence-corrected chi connectivity index (χ0v) is 12.0. The summed E-state index contributed by atoms with van der Waals surface area (Å²) in [5, 5.41) is 2.48. The summed E-state index contributed by atoms with van der Waals surface area (Å²) in [5.74, 6) is 0.133. The van der Waals surface area contributed by atoms with E-state index in [9.17, 15) is 13.6 Å². The molecule has 0 bridgehead atoms. The minimum atomic E-state index is -2.51. The average Bonchev–Trinajstić information content (AvgIpc) is 2.44. The maximum absolute atomic E-state index is 11.8. The normalized spacial score (nSPS) is 10.4. The maximum Gasteiger partial charge on any atom is 0.261 e. The second-order valence-electron chi connectivity index (χ2n) is 3.99. The Morgan fingerprint density at radius 1 is 1.33 bits per heavy atom. The monoisotopic (exact) mass is 318 g/mol. The van der Waals surface area contributed by atoms with E-state index in [1.807, 2.05) is 0 Å². The first-order valence-corrected chi connectivity index (χ1v) is 6.55. The lowest BCUT2D eigenvalue weighted by Crippen LogP contribution is -2.32. The number of alkyl halides is 2. The van der Waals surface area contributed by atoms with Crippen LogP contribution in [-0.4, -0.2) is 43.7 Å². The van der Waals surface area contributed by atoms with E-state index in [-0.39, 0.29) is 30.7 Å². The number of benzene rings is 1. The highest BCUT2D eigenvalue weighted by molar-refractivity contribution is 7.80. The number of hydrogen-bond acceptors (Lipinski definition) is 4. The van der Waals surface area contributed by atoms with Gasteiger partial charge in [-0.05, 0) is 24.3 Å². The Bertz CT molecular complexity index is 469. The van der Waals surface area contributed by atoms with Gasteiger partial charge in [0, 0.05) is 12.1 Å². The Kier molecular flexibility index (Phi) is 7.55. The second kappa shape index (κ2) is 9.19. The minimum absolute atomic E-state index is 0.0265. The van der Waals surface area contributed by atoms with Crippen molar-refractivity contribution in [1.29, 1.82) is 0 Å². The molecule has 0 unspecified atom stereocenters. The van der Waals surface area contributed by atoms with Crippen molar-refractivity contribution in [2.75, 3.05) is 26.4 Å². The molecule has 0 aliphatic heterocycles. The second-order valence-corrected chi connectivity index (χ2v) is 4.43. The largest absolute Gasteiger partial charge is 0.484 e. The van der Waals surface area contributed by atoms with Crippen molar-refractivity contribution in [3.05, 3.63) is 29.8 Å². The molecular weight excluding hydrogens is 302 g/mol. The molecule has 0 radical (unpaired) electrons. The molecule has 0 aromatic heterocycles. The lowest BCUT2D eigenvalue weighted by molar-refractivity contribution is -0.123. The molecule has 0 saturated carbocycles. The van der Waals surface area contributed by atoms with Gasteiger partial charge in [-0.15, -0.1) is 0 Å². The van der Waals surface area contributed by atoms with E-state index < -0.39 is 13.0 Å². The summed E-state index contributed by atoms with van der Waals surface area (Å²) in [7, 11) is 0. The van der Waals surface area contributed by atoms with Crippen LogP contribution in [0.25, 0.3) is 0 Å². The van der Waals surface area contributed by atoms with E-state index in [1.54, 1.807) is 24.3 Å². The zero-order chi connectivity index (χ0) is 15.7. The van der Waals surface area contributed by atoms with Crippen LogP contribution in [0.5, 0.6) is 5.75 Å². The minimum Gasteiger partial charge on any atom is -0.484 e. The number of thiocarbonyl (C=S) groups is 1. The Morgan fingerprint density at radius 2 is 2.00 bits per heavy atom. The summed E-state index contributed by atoms with van der Waals surface area (Å²) >= 11 is 4.81. The Balaban J connectivity index is 2.19. The van der Waals surface area contributed by atoms with Gasteiger partial charge in [-0.25, -0.2) is 8.78 Å². The number of ether oxygens (including phenoxy) is 2. The van der Waals surface area contributed by atoms with Gasteiger partial charge in [-0.2, -0.15) is 0 Å². The van der Waals surface area contributed by atoms with Crippen LogP contribution in [0.3, 0.4) is 0 Å². The molecule has 0 saturated heterocycles. The fourth-order valence-electron chi connectivity index (χ4n) is 1.35. The summed E-state index contributed by atoms with van der Waals surface area (Å²) in [6.45, 7) is -0.642. The topological polar surface area (TPSA) is 73.6 Å². The van der Waals surface area contributed by atoms with Crippen LogP contribution < -0.4 is 15.8 Å². The molecule has 8 heteroatoms. The summed E-state index contributed by atoms with van der Waals surface area (Å²) in [6.07, 6.45) is -2.51. The first-order chi connectivity index (χ1) is 9.99. The number of nitrogens with one attached hydrogen (secondary N) is 1. The molecule has 0 spiro atoms. The molecule has 3 N–H and O–H groups in total. The van der Waals surface area contributed by atoms with Crippen molar-refractivity contribution in [2.45, 2.75) is 6.43 Å². The molecule has 1 rings (SSSR count). The van der Waals surface area contributed by atoms with Gasteiger partial charge in [0.15, 0.2) is 6.61 Å². The highest BCUT2D eigenvalue weighted by atomic mass is 32.1. The number of halogens is 2. The van der Waals surface area contributed by atoms with Crippen molar-refractivity contribution >= 4 is 23.1 Å². The van der Waals surface area contributed by atoms with Crippen LogP contribution in [0.4, 0.5) is 8.78 Å². The summed E-state index contributed by atoms with van der Waals surface area (Å²) in [5.41, 5.74) is 6.16. The van der Waals surface area contributed by atoms with Gasteiger partial charge in [-0.3, -0.25) is 4.79 Å². The molecule has 0 aliphatic carbocycles. The summed E-state index contributed by atoms with van der Waals surface area (Å²) in [6, 6.07) is 6.67. The van der Waals surface area contributed by atoms with Crippen molar-refractivity contribution in [3.8, 4) is 5.75 Å². The Morgan fingerprint density at radius 3 is 2.57 bits per heavy atom.